The summed E-state index contributed by atoms with van der Waals surface area (Å²) in [5, 5.41) is 4.19. The molecule has 2 N–H and O–H groups in total. The molecule has 5 heteroatoms. The second kappa shape index (κ2) is 12.1. The SMILES string of the molecule is C=C/C1=C\C=C/CN(C2CC3(CC3)C2)C(CC(C)C)CCc2cc(-c3c(C)cccc3C)nc1n2.NS. The molecule has 1 spiro atoms. The highest BCUT2D eigenvalue weighted by molar-refractivity contribution is 7.77. The van der Waals surface area contributed by atoms with Crippen molar-refractivity contribution in [1.82, 2.24) is 14.9 Å². The fourth-order valence-electron chi connectivity index (χ4n) is 6.32. The Balaban J connectivity index is 0.00000156. The molecule has 1 atom stereocenters. The zero-order valence-corrected chi connectivity index (χ0v) is 24.0. The van der Waals surface area contributed by atoms with Crippen LogP contribution in [-0.4, -0.2) is 33.5 Å². The van der Waals surface area contributed by atoms with Crippen LogP contribution in [-0.2, 0) is 6.42 Å². The molecule has 198 valence electrons. The summed E-state index contributed by atoms with van der Waals surface area (Å²) < 4.78 is 0. The van der Waals surface area contributed by atoms with E-state index in [-0.39, 0.29) is 0 Å². The van der Waals surface area contributed by atoms with E-state index >= 15 is 0 Å². The Labute approximate surface area is 229 Å². The van der Waals surface area contributed by atoms with Gasteiger partial charge in [-0.25, -0.2) is 9.97 Å². The Bertz CT molecular complexity index is 1130. The van der Waals surface area contributed by atoms with Gasteiger partial charge in [-0.1, -0.05) is 62.9 Å². The normalized spacial score (nSPS) is 23.5. The first-order valence-corrected chi connectivity index (χ1v) is 14.3. The summed E-state index contributed by atoms with van der Waals surface area (Å²) in [5.41, 5.74) is 7.63. The fraction of sp³-hybridized carbons (Fsp3) is 0.500. The Hall–Kier alpha value is -2.21. The first-order chi connectivity index (χ1) is 17.9. The van der Waals surface area contributed by atoms with Crippen LogP contribution in [0.4, 0.5) is 0 Å². The number of hydrogen-bond donors (Lipinski definition) is 2. The number of allylic oxidation sites excluding steroid dienone is 4. The minimum atomic E-state index is 0.588. The molecule has 5 rings (SSSR count). The van der Waals surface area contributed by atoms with Gasteiger partial charge in [-0.3, -0.25) is 10.0 Å². The van der Waals surface area contributed by atoms with E-state index < -0.39 is 0 Å². The first kappa shape index (κ1) is 27.8. The molecule has 0 saturated heterocycles. The van der Waals surface area contributed by atoms with E-state index in [1.165, 1.54) is 48.8 Å². The molecule has 1 aliphatic heterocycles. The van der Waals surface area contributed by atoms with Gasteiger partial charge in [-0.2, -0.15) is 0 Å². The van der Waals surface area contributed by atoms with Gasteiger partial charge in [-0.15, -0.1) is 12.8 Å². The van der Waals surface area contributed by atoms with Gasteiger partial charge in [0.1, 0.15) is 0 Å². The van der Waals surface area contributed by atoms with Crippen molar-refractivity contribution in [3.8, 4) is 11.3 Å². The Morgan fingerprint density at radius 3 is 2.49 bits per heavy atom. The summed E-state index contributed by atoms with van der Waals surface area (Å²) in [6, 6.07) is 10.0. The average Bonchev–Trinajstić information content (AvgIpc) is 3.65. The van der Waals surface area contributed by atoms with Crippen LogP contribution in [0.15, 0.2) is 55.1 Å². The monoisotopic (exact) mass is 516 g/mol. The van der Waals surface area contributed by atoms with E-state index in [0.29, 0.717) is 12.0 Å². The minimum Gasteiger partial charge on any atom is -0.294 e. The van der Waals surface area contributed by atoms with E-state index in [2.05, 4.69) is 99.6 Å². The third-order valence-corrected chi connectivity index (χ3v) is 8.43. The first-order valence-electron chi connectivity index (χ1n) is 13.8. The summed E-state index contributed by atoms with van der Waals surface area (Å²) >= 11 is 3.03. The van der Waals surface area contributed by atoms with Crippen LogP contribution >= 0.6 is 12.8 Å². The van der Waals surface area contributed by atoms with Crippen LogP contribution in [0, 0.1) is 25.2 Å². The van der Waals surface area contributed by atoms with E-state index in [0.717, 1.165) is 53.6 Å². The van der Waals surface area contributed by atoms with Gasteiger partial charge >= 0.3 is 0 Å². The van der Waals surface area contributed by atoms with Crippen molar-refractivity contribution in [2.45, 2.75) is 84.7 Å². The number of thiol groups is 1. The predicted octanol–water partition coefficient (Wildman–Crippen LogP) is 7.28. The number of aromatic nitrogens is 2. The maximum absolute atomic E-state index is 5.05. The van der Waals surface area contributed by atoms with Crippen LogP contribution < -0.4 is 5.14 Å². The second-order valence-electron chi connectivity index (χ2n) is 11.7. The lowest BCUT2D eigenvalue weighted by Crippen LogP contribution is -2.51. The van der Waals surface area contributed by atoms with E-state index in [9.17, 15) is 0 Å². The Morgan fingerprint density at radius 1 is 1.16 bits per heavy atom. The molecule has 1 unspecified atom stereocenters. The molecular formula is C32H44N4S. The molecule has 2 aromatic rings. The predicted molar refractivity (Wildman–Crippen MR) is 160 cm³/mol. The number of hydrogen-bond acceptors (Lipinski definition) is 5. The number of nitrogens with zero attached hydrogens (tertiary/aromatic N) is 3. The van der Waals surface area contributed by atoms with Crippen LogP contribution in [0.2, 0.25) is 0 Å². The molecule has 3 aliphatic rings. The van der Waals surface area contributed by atoms with Crippen LogP contribution in [0.3, 0.4) is 0 Å². The van der Waals surface area contributed by atoms with Crippen molar-refractivity contribution >= 4 is 18.4 Å². The summed E-state index contributed by atoms with van der Waals surface area (Å²) in [6.45, 7) is 14.2. The standard InChI is InChI=1S/C32H41N3.H3NS/c1-6-25-12-7-8-17-35(28-20-32(21-28)15-16-32)27(18-22(2)3)14-13-26-19-29(34-31(25)33-26)30-23(4)10-9-11-24(30)5;1-2/h6-12,19,22,27-28H,1,13-18,20-21H2,2-5H3;2H,1H2/b8-7-,25-12+;. The van der Waals surface area contributed by atoms with Crippen molar-refractivity contribution in [2.75, 3.05) is 6.54 Å². The topological polar surface area (TPSA) is 55.0 Å². The zero-order valence-electron chi connectivity index (χ0n) is 23.1. The molecule has 1 aromatic carbocycles. The highest BCUT2D eigenvalue weighted by Gasteiger charge is 2.54. The lowest BCUT2D eigenvalue weighted by atomic mass is 9.75. The fourth-order valence-corrected chi connectivity index (χ4v) is 6.32. The molecule has 37 heavy (non-hydrogen) atoms. The van der Waals surface area contributed by atoms with Gasteiger partial charge in [0.15, 0.2) is 5.82 Å². The van der Waals surface area contributed by atoms with Crippen LogP contribution in [0.5, 0.6) is 0 Å². The molecule has 2 fully saturated rings. The summed E-state index contributed by atoms with van der Waals surface area (Å²) in [5.74, 6) is 1.47. The van der Waals surface area contributed by atoms with Gasteiger partial charge in [-0.05, 0) is 87.3 Å². The highest BCUT2D eigenvalue weighted by Crippen LogP contribution is 2.62. The third kappa shape index (κ3) is 6.45. The summed E-state index contributed by atoms with van der Waals surface area (Å²) in [6.07, 6.45) is 17.6. The molecule has 2 bridgehead atoms. The molecule has 2 saturated carbocycles. The van der Waals surface area contributed by atoms with E-state index in [1.54, 1.807) is 0 Å². The number of fused-ring (bicyclic) bond motifs is 2. The molecule has 0 radical (unpaired) electrons. The van der Waals surface area contributed by atoms with Crippen molar-refractivity contribution < 1.29 is 0 Å². The molecule has 2 aliphatic carbocycles. The number of aryl methyl sites for hydroxylation is 3. The van der Waals surface area contributed by atoms with Crippen LogP contribution in [0.1, 0.15) is 75.0 Å². The van der Waals surface area contributed by atoms with Crippen molar-refractivity contribution in [2.24, 2.45) is 16.5 Å². The molecule has 1 aromatic heterocycles. The Kier molecular flexibility index (Phi) is 9.10. The quantitative estimate of drug-likeness (QED) is 0.410. The largest absolute Gasteiger partial charge is 0.294 e. The Morgan fingerprint density at radius 2 is 1.86 bits per heavy atom. The van der Waals surface area contributed by atoms with E-state index in [1.807, 2.05) is 6.08 Å². The number of nitrogens with two attached hydrogens (primary N) is 1. The molecule has 2 heterocycles. The smallest absolute Gasteiger partial charge is 0.159 e. The van der Waals surface area contributed by atoms with E-state index in [4.69, 9.17) is 9.97 Å². The van der Waals surface area contributed by atoms with Crippen LogP contribution in [0.25, 0.3) is 16.8 Å². The van der Waals surface area contributed by atoms with Crippen molar-refractivity contribution in [1.29, 1.82) is 0 Å². The second-order valence-corrected chi connectivity index (χ2v) is 11.7. The highest BCUT2D eigenvalue weighted by atomic mass is 32.1. The van der Waals surface area contributed by atoms with Gasteiger partial charge < -0.3 is 0 Å². The lowest BCUT2D eigenvalue weighted by Gasteiger charge is -2.47. The summed E-state index contributed by atoms with van der Waals surface area (Å²) in [4.78, 5) is 12.9. The summed E-state index contributed by atoms with van der Waals surface area (Å²) in [7, 11) is 0. The van der Waals surface area contributed by atoms with Gasteiger partial charge in [0.25, 0.3) is 0 Å². The molecular weight excluding hydrogens is 472 g/mol. The molecule has 0 amide bonds. The van der Waals surface area contributed by atoms with Gasteiger partial charge in [0.2, 0.25) is 0 Å². The van der Waals surface area contributed by atoms with Crippen molar-refractivity contribution in [3.05, 3.63) is 77.8 Å². The zero-order chi connectivity index (χ0) is 26.6. The van der Waals surface area contributed by atoms with Crippen molar-refractivity contribution in [3.63, 3.8) is 0 Å². The molecule has 4 nitrogen and oxygen atoms in total. The van der Waals surface area contributed by atoms with Gasteiger partial charge in [0.05, 0.1) is 5.69 Å². The average molecular weight is 517 g/mol. The lowest BCUT2D eigenvalue weighted by molar-refractivity contribution is 0.0297. The maximum Gasteiger partial charge on any atom is 0.159 e. The number of benzene rings is 1. The van der Waals surface area contributed by atoms with Gasteiger partial charge in [0, 0.05) is 35.5 Å². The third-order valence-electron chi connectivity index (χ3n) is 8.43. The minimum absolute atomic E-state index is 0.588. The maximum atomic E-state index is 5.05. The number of rotatable bonds is 5.